The zero-order valence-electron chi connectivity index (χ0n) is 7.60. The van der Waals surface area contributed by atoms with Crippen LogP contribution in [0.3, 0.4) is 0 Å². The fraction of sp³-hybridized carbons (Fsp3) is 0.444. The Labute approximate surface area is 81.7 Å². The van der Waals surface area contributed by atoms with Crippen molar-refractivity contribution in [3.05, 3.63) is 23.8 Å². The van der Waals surface area contributed by atoms with E-state index in [0.717, 1.165) is 18.7 Å². The fourth-order valence-corrected chi connectivity index (χ4v) is 1.34. The van der Waals surface area contributed by atoms with Gasteiger partial charge in [0.25, 0.3) is 0 Å². The van der Waals surface area contributed by atoms with Gasteiger partial charge < -0.3 is 10.1 Å². The highest BCUT2D eigenvalue weighted by molar-refractivity contribution is 5.15. The predicted molar refractivity (Wildman–Crippen MR) is 48.3 cm³/mol. The van der Waals surface area contributed by atoms with Gasteiger partial charge in [0.2, 0.25) is 5.82 Å². The Hall–Kier alpha value is -1.51. The molecule has 14 heavy (non-hydrogen) atoms. The summed E-state index contributed by atoms with van der Waals surface area (Å²) < 4.78 is 5.51. The number of morpholine rings is 1. The van der Waals surface area contributed by atoms with Gasteiger partial charge in [-0.15, -0.1) is 0 Å². The van der Waals surface area contributed by atoms with Crippen LogP contribution in [0.15, 0.2) is 12.4 Å². The summed E-state index contributed by atoms with van der Waals surface area (Å²) in [6.45, 7) is 2.35. The number of nitriles is 1. The van der Waals surface area contributed by atoms with Crippen molar-refractivity contribution in [1.29, 1.82) is 5.26 Å². The molecule has 0 bridgehead atoms. The molecule has 2 heterocycles. The molecule has 2 rings (SSSR count). The number of hydrogen-bond acceptors (Lipinski definition) is 5. The lowest BCUT2D eigenvalue weighted by Gasteiger charge is -2.23. The van der Waals surface area contributed by atoms with Crippen LogP contribution in [0.2, 0.25) is 0 Å². The minimum Gasteiger partial charge on any atom is -0.371 e. The highest BCUT2D eigenvalue weighted by Gasteiger charge is 2.15. The molecule has 1 aliphatic heterocycles. The van der Waals surface area contributed by atoms with Crippen LogP contribution in [0.4, 0.5) is 0 Å². The van der Waals surface area contributed by atoms with Crippen molar-refractivity contribution in [2.24, 2.45) is 0 Å². The lowest BCUT2D eigenvalue weighted by molar-refractivity contribution is 0.0272. The second-order valence-electron chi connectivity index (χ2n) is 3.02. The molecule has 5 nitrogen and oxygen atoms in total. The first-order chi connectivity index (χ1) is 6.90. The van der Waals surface area contributed by atoms with E-state index in [0.29, 0.717) is 6.61 Å². The average molecular weight is 190 g/mol. The molecule has 0 radical (unpaired) electrons. The summed E-state index contributed by atoms with van der Waals surface area (Å²) >= 11 is 0. The normalized spacial score (nSPS) is 21.5. The topological polar surface area (TPSA) is 70.8 Å². The van der Waals surface area contributed by atoms with E-state index >= 15 is 0 Å². The molecule has 1 aromatic heterocycles. The summed E-state index contributed by atoms with van der Waals surface area (Å²) in [6.07, 6.45) is 3.29. The summed E-state index contributed by atoms with van der Waals surface area (Å²) in [5, 5.41) is 11.7. The Kier molecular flexibility index (Phi) is 2.68. The van der Waals surface area contributed by atoms with Gasteiger partial charge in [0.1, 0.15) is 6.07 Å². The summed E-state index contributed by atoms with van der Waals surface area (Å²) in [7, 11) is 0. The summed E-state index contributed by atoms with van der Waals surface area (Å²) in [6, 6.07) is 1.88. The van der Waals surface area contributed by atoms with Crippen molar-refractivity contribution in [2.75, 3.05) is 19.7 Å². The Morgan fingerprint density at radius 2 is 2.29 bits per heavy atom. The van der Waals surface area contributed by atoms with Crippen molar-refractivity contribution in [1.82, 2.24) is 15.3 Å². The predicted octanol–water partition coefficient (Wildman–Crippen LogP) is 0.00918. The number of nitrogens with zero attached hydrogens (tertiary/aromatic N) is 3. The minimum absolute atomic E-state index is 0.0106. The van der Waals surface area contributed by atoms with Gasteiger partial charge in [-0.1, -0.05) is 0 Å². The lowest BCUT2D eigenvalue weighted by Crippen LogP contribution is -2.33. The number of rotatable bonds is 1. The Bertz CT molecular complexity index is 337. The third-order valence-corrected chi connectivity index (χ3v) is 2.07. The monoisotopic (exact) mass is 190 g/mol. The van der Waals surface area contributed by atoms with Crippen molar-refractivity contribution in [3.63, 3.8) is 0 Å². The smallest absolute Gasteiger partial charge is 0.232 e. The van der Waals surface area contributed by atoms with Gasteiger partial charge in [-0.3, -0.25) is 0 Å². The van der Waals surface area contributed by atoms with Gasteiger partial charge in [0.05, 0.1) is 12.7 Å². The standard InChI is InChI=1S/C9H10N4O/c10-3-9-12-4-7(5-13-9)8-6-11-1-2-14-8/h4-5,8,11H,1-2,6H2. The SMILES string of the molecule is N#Cc1ncc(C2CNCCO2)cn1. The van der Waals surface area contributed by atoms with E-state index in [9.17, 15) is 0 Å². The van der Waals surface area contributed by atoms with E-state index in [2.05, 4.69) is 15.3 Å². The van der Waals surface area contributed by atoms with Gasteiger partial charge in [0, 0.05) is 31.0 Å². The van der Waals surface area contributed by atoms with Crippen molar-refractivity contribution >= 4 is 0 Å². The maximum Gasteiger partial charge on any atom is 0.232 e. The molecule has 0 spiro atoms. The van der Waals surface area contributed by atoms with Crippen LogP contribution in [0, 0.1) is 11.3 Å². The first-order valence-corrected chi connectivity index (χ1v) is 4.44. The van der Waals surface area contributed by atoms with Gasteiger partial charge in [-0.2, -0.15) is 5.26 Å². The lowest BCUT2D eigenvalue weighted by atomic mass is 10.2. The first-order valence-electron chi connectivity index (χ1n) is 4.44. The molecule has 1 unspecified atom stereocenters. The highest BCUT2D eigenvalue weighted by Crippen LogP contribution is 2.16. The maximum atomic E-state index is 8.52. The van der Waals surface area contributed by atoms with Crippen LogP contribution in [0.25, 0.3) is 0 Å². The van der Waals surface area contributed by atoms with Crippen LogP contribution in [-0.4, -0.2) is 29.7 Å². The zero-order valence-corrected chi connectivity index (χ0v) is 7.60. The number of hydrogen-bond donors (Lipinski definition) is 1. The van der Waals surface area contributed by atoms with E-state index in [1.165, 1.54) is 0 Å². The molecule has 0 saturated carbocycles. The quantitative estimate of drug-likeness (QED) is 0.675. The molecular weight excluding hydrogens is 180 g/mol. The molecule has 1 aliphatic rings. The number of ether oxygens (including phenoxy) is 1. The number of aromatic nitrogens is 2. The van der Waals surface area contributed by atoms with Crippen molar-refractivity contribution in [2.45, 2.75) is 6.10 Å². The summed E-state index contributed by atoms with van der Waals surface area (Å²) in [5.74, 6) is 0.192. The van der Waals surface area contributed by atoms with E-state index < -0.39 is 0 Å². The van der Waals surface area contributed by atoms with Gasteiger partial charge in [-0.25, -0.2) is 9.97 Å². The number of nitrogens with one attached hydrogen (secondary N) is 1. The molecule has 0 aliphatic carbocycles. The summed E-state index contributed by atoms with van der Waals surface area (Å²) in [5.41, 5.74) is 0.913. The summed E-state index contributed by atoms with van der Waals surface area (Å²) in [4.78, 5) is 7.78. The molecule has 1 saturated heterocycles. The van der Waals surface area contributed by atoms with Crippen LogP contribution in [0.5, 0.6) is 0 Å². The van der Waals surface area contributed by atoms with Crippen LogP contribution < -0.4 is 5.32 Å². The molecule has 72 valence electrons. The Morgan fingerprint density at radius 3 is 2.86 bits per heavy atom. The molecule has 0 amide bonds. The van der Waals surface area contributed by atoms with Crippen LogP contribution in [-0.2, 0) is 4.74 Å². The molecule has 1 fully saturated rings. The minimum atomic E-state index is 0.0106. The van der Waals surface area contributed by atoms with E-state index in [-0.39, 0.29) is 11.9 Å². The maximum absolute atomic E-state index is 8.52. The second kappa shape index (κ2) is 4.13. The third-order valence-electron chi connectivity index (χ3n) is 2.07. The molecule has 5 heteroatoms. The van der Waals surface area contributed by atoms with Gasteiger partial charge in [-0.05, 0) is 0 Å². The zero-order chi connectivity index (χ0) is 9.80. The Balaban J connectivity index is 2.12. The van der Waals surface area contributed by atoms with E-state index in [1.54, 1.807) is 12.4 Å². The molecule has 1 aromatic rings. The van der Waals surface area contributed by atoms with Crippen molar-refractivity contribution < 1.29 is 4.74 Å². The van der Waals surface area contributed by atoms with E-state index in [1.807, 2.05) is 6.07 Å². The molecular formula is C9H10N4O. The average Bonchev–Trinajstić information content (AvgIpc) is 2.30. The largest absolute Gasteiger partial charge is 0.371 e. The Morgan fingerprint density at radius 1 is 1.50 bits per heavy atom. The van der Waals surface area contributed by atoms with Crippen molar-refractivity contribution in [3.8, 4) is 6.07 Å². The van der Waals surface area contributed by atoms with Crippen LogP contribution >= 0.6 is 0 Å². The molecule has 1 N–H and O–H groups in total. The fourth-order valence-electron chi connectivity index (χ4n) is 1.34. The molecule has 0 aromatic carbocycles. The first kappa shape index (κ1) is 9.06. The van der Waals surface area contributed by atoms with E-state index in [4.69, 9.17) is 10.00 Å². The van der Waals surface area contributed by atoms with Gasteiger partial charge >= 0.3 is 0 Å². The van der Waals surface area contributed by atoms with Gasteiger partial charge in [0.15, 0.2) is 0 Å². The molecule has 1 atom stereocenters. The second-order valence-corrected chi connectivity index (χ2v) is 3.02. The highest BCUT2D eigenvalue weighted by atomic mass is 16.5. The third kappa shape index (κ3) is 1.87. The van der Waals surface area contributed by atoms with Crippen LogP contribution in [0.1, 0.15) is 17.5 Å².